The van der Waals surface area contributed by atoms with E-state index in [0.29, 0.717) is 41.6 Å². The lowest BCUT2D eigenvalue weighted by Gasteiger charge is -2.28. The summed E-state index contributed by atoms with van der Waals surface area (Å²) in [5.74, 6) is -0.231. The molecule has 0 aliphatic carbocycles. The second-order valence-corrected chi connectivity index (χ2v) is 6.63. The number of ketones is 1. The Hall–Kier alpha value is -1.92. The number of nitrogens with zero attached hydrogens (tertiary/aromatic N) is 2. The highest BCUT2D eigenvalue weighted by atomic mass is 35.5. The van der Waals surface area contributed by atoms with Crippen molar-refractivity contribution in [3.63, 3.8) is 0 Å². The first-order chi connectivity index (χ1) is 12.6. The average Bonchev–Trinajstić information content (AvgIpc) is 2.68. The van der Waals surface area contributed by atoms with E-state index in [2.05, 4.69) is 4.90 Å². The Morgan fingerprint density at radius 2 is 1.78 bits per heavy atom. The number of anilines is 1. The Morgan fingerprint density at radius 3 is 2.44 bits per heavy atom. The number of halogens is 2. The predicted molar refractivity (Wildman–Crippen MR) is 109 cm³/mol. The number of hydrogen-bond acceptors (Lipinski definition) is 4. The van der Waals surface area contributed by atoms with Crippen molar-refractivity contribution in [3.8, 4) is 0 Å². The van der Waals surface area contributed by atoms with Crippen molar-refractivity contribution in [3.05, 3.63) is 64.7 Å². The van der Waals surface area contributed by atoms with E-state index >= 15 is 0 Å². The maximum atomic E-state index is 12.9. The Kier molecular flexibility index (Phi) is 7.80. The van der Waals surface area contributed by atoms with Crippen molar-refractivity contribution >= 4 is 41.4 Å². The fourth-order valence-corrected chi connectivity index (χ4v) is 3.09. The maximum absolute atomic E-state index is 12.9. The molecule has 1 aliphatic heterocycles. The molecule has 1 heterocycles. The van der Waals surface area contributed by atoms with Gasteiger partial charge >= 0.3 is 0 Å². The minimum atomic E-state index is -0.158. The number of carbonyl (C=O) groups is 2. The lowest BCUT2D eigenvalue weighted by atomic mass is 10.0. The Balaban J connectivity index is 0.00000261. The highest BCUT2D eigenvalue weighted by Gasteiger charge is 2.22. The van der Waals surface area contributed by atoms with Gasteiger partial charge in [0.2, 0.25) is 5.91 Å². The number of likely N-dealkylation sites (N-methyl/N-ethyl adjacent to an activating group) is 1. The van der Waals surface area contributed by atoms with Gasteiger partial charge in [0.25, 0.3) is 0 Å². The van der Waals surface area contributed by atoms with E-state index in [1.165, 1.54) is 4.90 Å². The zero-order valence-corrected chi connectivity index (χ0v) is 16.6. The molecule has 27 heavy (non-hydrogen) atoms. The number of benzene rings is 2. The van der Waals surface area contributed by atoms with Crippen LogP contribution in [0.2, 0.25) is 5.02 Å². The number of carbonyl (C=O) groups excluding carboxylic acids is 2. The Bertz CT molecular complexity index is 793. The van der Waals surface area contributed by atoms with E-state index in [4.69, 9.17) is 16.3 Å². The molecule has 5 nitrogen and oxygen atoms in total. The summed E-state index contributed by atoms with van der Waals surface area (Å²) in [6, 6.07) is 14.0. The normalized spacial score (nSPS) is 14.3. The predicted octanol–water partition coefficient (Wildman–Crippen LogP) is 3.29. The fraction of sp³-hybridized carbons (Fsp3) is 0.300. The van der Waals surface area contributed by atoms with Crippen LogP contribution in [0.4, 0.5) is 5.69 Å². The second kappa shape index (κ2) is 9.85. The standard InChI is InChI=1S/C20H21ClN2O3.ClH/c1-22(19(24)14-23-9-11-26-12-10-23)18-8-7-16(21)13-17(18)20(25)15-5-3-2-4-6-15;/h2-8,13H,9-12,14H2,1H3;1H. The van der Waals surface area contributed by atoms with Crippen LogP contribution in [-0.2, 0) is 9.53 Å². The summed E-state index contributed by atoms with van der Waals surface area (Å²) in [5.41, 5.74) is 1.54. The molecule has 2 aromatic rings. The molecule has 1 amide bonds. The average molecular weight is 409 g/mol. The first-order valence-electron chi connectivity index (χ1n) is 8.52. The molecule has 1 saturated heterocycles. The maximum Gasteiger partial charge on any atom is 0.240 e. The van der Waals surface area contributed by atoms with Gasteiger partial charge in [-0.05, 0) is 18.2 Å². The minimum absolute atomic E-state index is 0. The molecule has 1 fully saturated rings. The van der Waals surface area contributed by atoms with Crippen LogP contribution in [0.1, 0.15) is 15.9 Å². The molecule has 0 N–H and O–H groups in total. The van der Waals surface area contributed by atoms with Gasteiger partial charge in [0, 0.05) is 36.3 Å². The summed E-state index contributed by atoms with van der Waals surface area (Å²) in [4.78, 5) is 29.2. The summed E-state index contributed by atoms with van der Waals surface area (Å²) in [7, 11) is 1.69. The van der Waals surface area contributed by atoms with Crippen molar-refractivity contribution < 1.29 is 14.3 Å². The van der Waals surface area contributed by atoms with E-state index in [0.717, 1.165) is 13.1 Å². The molecule has 0 bridgehead atoms. The first kappa shape index (κ1) is 21.4. The fourth-order valence-electron chi connectivity index (χ4n) is 2.92. The lowest BCUT2D eigenvalue weighted by molar-refractivity contribution is -0.120. The van der Waals surface area contributed by atoms with Crippen LogP contribution in [-0.4, -0.2) is 56.5 Å². The van der Waals surface area contributed by atoms with E-state index in [1.807, 2.05) is 18.2 Å². The molecular weight excluding hydrogens is 387 g/mol. The SMILES string of the molecule is CN(C(=O)CN1CCOCC1)c1ccc(Cl)cc1C(=O)c1ccccc1.Cl. The highest BCUT2D eigenvalue weighted by Crippen LogP contribution is 2.26. The third-order valence-electron chi connectivity index (χ3n) is 4.44. The van der Waals surface area contributed by atoms with Crippen LogP contribution in [0.5, 0.6) is 0 Å². The monoisotopic (exact) mass is 408 g/mol. The van der Waals surface area contributed by atoms with Gasteiger partial charge in [-0.2, -0.15) is 0 Å². The molecule has 0 aromatic heterocycles. The van der Waals surface area contributed by atoms with Gasteiger partial charge in [-0.1, -0.05) is 41.9 Å². The van der Waals surface area contributed by atoms with E-state index in [-0.39, 0.29) is 24.1 Å². The number of rotatable bonds is 5. The topological polar surface area (TPSA) is 49.9 Å². The summed E-state index contributed by atoms with van der Waals surface area (Å²) >= 11 is 6.11. The molecule has 1 aliphatic rings. The third kappa shape index (κ3) is 5.30. The second-order valence-electron chi connectivity index (χ2n) is 6.20. The van der Waals surface area contributed by atoms with Gasteiger partial charge in [0.15, 0.2) is 5.78 Å². The summed E-state index contributed by atoms with van der Waals surface area (Å²) in [6.45, 7) is 3.03. The van der Waals surface area contributed by atoms with E-state index in [1.54, 1.807) is 37.4 Å². The quantitative estimate of drug-likeness (QED) is 0.712. The van der Waals surface area contributed by atoms with Crippen LogP contribution < -0.4 is 4.90 Å². The van der Waals surface area contributed by atoms with Gasteiger partial charge < -0.3 is 9.64 Å². The van der Waals surface area contributed by atoms with Crippen LogP contribution in [0.15, 0.2) is 48.5 Å². The molecule has 2 aromatic carbocycles. The van der Waals surface area contributed by atoms with Crippen LogP contribution >= 0.6 is 24.0 Å². The molecule has 3 rings (SSSR count). The van der Waals surface area contributed by atoms with Gasteiger partial charge in [-0.25, -0.2) is 0 Å². The smallest absolute Gasteiger partial charge is 0.240 e. The molecule has 7 heteroatoms. The largest absolute Gasteiger partial charge is 0.379 e. The third-order valence-corrected chi connectivity index (χ3v) is 4.67. The van der Waals surface area contributed by atoms with Crippen LogP contribution in [0.25, 0.3) is 0 Å². The van der Waals surface area contributed by atoms with Crippen molar-refractivity contribution in [2.75, 3.05) is 44.8 Å². The highest BCUT2D eigenvalue weighted by molar-refractivity contribution is 6.31. The van der Waals surface area contributed by atoms with Crippen molar-refractivity contribution in [2.24, 2.45) is 0 Å². The Labute approximate surface area is 170 Å². The van der Waals surface area contributed by atoms with Crippen molar-refractivity contribution in [2.45, 2.75) is 0 Å². The molecule has 0 spiro atoms. The van der Waals surface area contributed by atoms with Crippen molar-refractivity contribution in [1.29, 1.82) is 0 Å². The van der Waals surface area contributed by atoms with Gasteiger partial charge in [-0.15, -0.1) is 12.4 Å². The summed E-state index contributed by atoms with van der Waals surface area (Å²) in [5, 5.41) is 0.460. The lowest BCUT2D eigenvalue weighted by Crippen LogP contribution is -2.44. The van der Waals surface area contributed by atoms with Gasteiger partial charge in [0.1, 0.15) is 0 Å². The molecule has 0 unspecified atom stereocenters. The zero-order valence-electron chi connectivity index (χ0n) is 15.1. The van der Waals surface area contributed by atoms with Gasteiger partial charge in [-0.3, -0.25) is 14.5 Å². The Morgan fingerprint density at radius 1 is 1.11 bits per heavy atom. The zero-order chi connectivity index (χ0) is 18.5. The number of hydrogen-bond donors (Lipinski definition) is 0. The van der Waals surface area contributed by atoms with Crippen molar-refractivity contribution in [1.82, 2.24) is 4.90 Å². The molecular formula is C20H22Cl2N2O3. The first-order valence-corrected chi connectivity index (χ1v) is 8.90. The number of morpholine rings is 1. The van der Waals surface area contributed by atoms with E-state index < -0.39 is 0 Å². The van der Waals surface area contributed by atoms with Crippen LogP contribution in [0.3, 0.4) is 0 Å². The van der Waals surface area contributed by atoms with E-state index in [9.17, 15) is 9.59 Å². The number of ether oxygens (including phenoxy) is 1. The minimum Gasteiger partial charge on any atom is -0.379 e. The number of amides is 1. The molecule has 0 saturated carbocycles. The summed E-state index contributed by atoms with van der Waals surface area (Å²) < 4.78 is 5.31. The molecule has 144 valence electrons. The van der Waals surface area contributed by atoms with Gasteiger partial charge in [0.05, 0.1) is 25.4 Å². The summed E-state index contributed by atoms with van der Waals surface area (Å²) in [6.07, 6.45) is 0. The molecule has 0 radical (unpaired) electrons. The molecule has 0 atom stereocenters. The van der Waals surface area contributed by atoms with Crippen LogP contribution in [0, 0.1) is 0 Å².